The summed E-state index contributed by atoms with van der Waals surface area (Å²) in [6, 6.07) is 0.0358. The molecule has 22 heavy (non-hydrogen) atoms. The summed E-state index contributed by atoms with van der Waals surface area (Å²) in [5.41, 5.74) is -0.405. The lowest BCUT2D eigenvalue weighted by Gasteiger charge is -2.38. The molecular formula is C17H30N2O3. The molecule has 126 valence electrons. The highest BCUT2D eigenvalue weighted by Crippen LogP contribution is 2.38. The lowest BCUT2D eigenvalue weighted by atomic mass is 9.88. The highest BCUT2D eigenvalue weighted by molar-refractivity contribution is 5.81. The standard InChI is InChI=1S/C17H30N2O3/c1-5-22-16(21)19-10-13(8-12-6-7-12)9-14(11-19)18-15(20)17(2,3)4/h12-14H,5-11H2,1-4H3,(H,18,20). The molecule has 1 heterocycles. The number of carbonyl (C=O) groups is 2. The molecular weight excluding hydrogens is 280 g/mol. The van der Waals surface area contributed by atoms with Crippen LogP contribution < -0.4 is 5.32 Å². The van der Waals surface area contributed by atoms with Crippen LogP contribution in [0.3, 0.4) is 0 Å². The van der Waals surface area contributed by atoms with E-state index in [0.29, 0.717) is 19.1 Å². The first kappa shape index (κ1) is 17.1. The zero-order valence-corrected chi connectivity index (χ0v) is 14.4. The van der Waals surface area contributed by atoms with E-state index in [-0.39, 0.29) is 18.0 Å². The van der Waals surface area contributed by atoms with Gasteiger partial charge in [-0.1, -0.05) is 33.6 Å². The third-order valence-corrected chi connectivity index (χ3v) is 4.44. The monoisotopic (exact) mass is 310 g/mol. The van der Waals surface area contributed by atoms with Gasteiger partial charge >= 0.3 is 6.09 Å². The summed E-state index contributed by atoms with van der Waals surface area (Å²) in [5.74, 6) is 1.34. The van der Waals surface area contributed by atoms with Gasteiger partial charge < -0.3 is 15.0 Å². The smallest absolute Gasteiger partial charge is 0.409 e. The number of likely N-dealkylation sites (tertiary alicyclic amines) is 1. The van der Waals surface area contributed by atoms with Gasteiger partial charge in [0.15, 0.2) is 0 Å². The van der Waals surface area contributed by atoms with Gasteiger partial charge in [0.05, 0.1) is 6.61 Å². The lowest BCUT2D eigenvalue weighted by Crippen LogP contribution is -2.54. The SMILES string of the molecule is CCOC(=O)N1CC(CC2CC2)CC(NC(=O)C(C)(C)C)C1. The van der Waals surface area contributed by atoms with Crippen LogP contribution >= 0.6 is 0 Å². The van der Waals surface area contributed by atoms with Crippen molar-refractivity contribution in [1.82, 2.24) is 10.2 Å². The molecule has 0 spiro atoms. The molecule has 5 nitrogen and oxygen atoms in total. The Morgan fingerprint density at radius 3 is 2.41 bits per heavy atom. The number of ether oxygens (including phenoxy) is 1. The van der Waals surface area contributed by atoms with Crippen LogP contribution in [-0.2, 0) is 9.53 Å². The van der Waals surface area contributed by atoms with Crippen molar-refractivity contribution in [3.63, 3.8) is 0 Å². The topological polar surface area (TPSA) is 58.6 Å². The first-order valence-electron chi connectivity index (χ1n) is 8.52. The van der Waals surface area contributed by atoms with E-state index in [1.165, 1.54) is 12.8 Å². The first-order chi connectivity index (χ1) is 10.3. The van der Waals surface area contributed by atoms with Gasteiger partial charge in [0.25, 0.3) is 0 Å². The summed E-state index contributed by atoms with van der Waals surface area (Å²) in [6.45, 7) is 9.27. The Labute approximate surface area is 133 Å². The summed E-state index contributed by atoms with van der Waals surface area (Å²) in [4.78, 5) is 26.1. The van der Waals surface area contributed by atoms with Gasteiger partial charge in [-0.15, -0.1) is 0 Å². The number of hydrogen-bond donors (Lipinski definition) is 1. The Morgan fingerprint density at radius 2 is 1.86 bits per heavy atom. The highest BCUT2D eigenvalue weighted by Gasteiger charge is 2.36. The molecule has 2 aliphatic rings. The quantitative estimate of drug-likeness (QED) is 0.868. The number of hydrogen-bond acceptors (Lipinski definition) is 3. The minimum absolute atomic E-state index is 0.0358. The minimum Gasteiger partial charge on any atom is -0.450 e. The molecule has 2 atom stereocenters. The Balaban J connectivity index is 1.97. The number of nitrogens with one attached hydrogen (secondary N) is 1. The summed E-state index contributed by atoms with van der Waals surface area (Å²) < 4.78 is 5.15. The average Bonchev–Trinajstić information content (AvgIpc) is 3.21. The van der Waals surface area contributed by atoms with Crippen LogP contribution in [0.4, 0.5) is 4.79 Å². The molecule has 2 unspecified atom stereocenters. The summed E-state index contributed by atoms with van der Waals surface area (Å²) in [6.07, 6.45) is 4.51. The van der Waals surface area contributed by atoms with E-state index in [1.54, 1.807) is 4.90 Å². The van der Waals surface area contributed by atoms with E-state index in [2.05, 4.69) is 5.32 Å². The third kappa shape index (κ3) is 4.89. The fourth-order valence-corrected chi connectivity index (χ4v) is 3.07. The molecule has 2 fully saturated rings. The molecule has 2 amide bonds. The molecule has 0 radical (unpaired) electrons. The number of amides is 2. The van der Waals surface area contributed by atoms with Crippen LogP contribution in [-0.4, -0.2) is 42.6 Å². The van der Waals surface area contributed by atoms with Crippen LogP contribution in [0.25, 0.3) is 0 Å². The molecule has 1 N–H and O–H groups in total. The molecule has 1 saturated heterocycles. The maximum absolute atomic E-state index is 12.2. The van der Waals surface area contributed by atoms with Crippen molar-refractivity contribution in [2.45, 2.75) is 59.4 Å². The van der Waals surface area contributed by atoms with Crippen molar-refractivity contribution in [2.75, 3.05) is 19.7 Å². The predicted octanol–water partition coefficient (Wildman–Crippen LogP) is 2.80. The van der Waals surface area contributed by atoms with Gasteiger partial charge in [0.1, 0.15) is 0 Å². The van der Waals surface area contributed by atoms with E-state index < -0.39 is 5.41 Å². The normalized spacial score (nSPS) is 25.7. The number of piperidine rings is 1. The van der Waals surface area contributed by atoms with E-state index >= 15 is 0 Å². The molecule has 1 saturated carbocycles. The fraction of sp³-hybridized carbons (Fsp3) is 0.882. The van der Waals surface area contributed by atoms with Crippen LogP contribution in [0.5, 0.6) is 0 Å². The van der Waals surface area contributed by atoms with Gasteiger partial charge in [0, 0.05) is 24.5 Å². The molecule has 0 aromatic carbocycles. The Bertz CT molecular complexity index is 413. The predicted molar refractivity (Wildman–Crippen MR) is 85.4 cm³/mol. The van der Waals surface area contributed by atoms with Gasteiger partial charge in [0.2, 0.25) is 5.91 Å². The van der Waals surface area contributed by atoms with Gasteiger partial charge in [-0.2, -0.15) is 0 Å². The van der Waals surface area contributed by atoms with Crippen LogP contribution in [0.1, 0.15) is 53.4 Å². The molecule has 0 bridgehead atoms. The van der Waals surface area contributed by atoms with Crippen molar-refractivity contribution in [3.8, 4) is 0 Å². The van der Waals surface area contributed by atoms with Crippen LogP contribution in [0.2, 0.25) is 0 Å². The van der Waals surface area contributed by atoms with Gasteiger partial charge in [-0.05, 0) is 31.6 Å². The average molecular weight is 310 g/mol. The molecule has 2 rings (SSSR count). The number of carbonyl (C=O) groups excluding carboxylic acids is 2. The van der Waals surface area contributed by atoms with Gasteiger partial charge in [-0.25, -0.2) is 4.79 Å². The number of rotatable bonds is 4. The summed E-state index contributed by atoms with van der Waals surface area (Å²) >= 11 is 0. The van der Waals surface area contributed by atoms with E-state index in [9.17, 15) is 9.59 Å². The minimum atomic E-state index is -0.405. The zero-order chi connectivity index (χ0) is 16.3. The Kier molecular flexibility index (Phi) is 5.35. The first-order valence-corrected chi connectivity index (χ1v) is 8.52. The second-order valence-electron chi connectivity index (χ2n) is 7.81. The largest absolute Gasteiger partial charge is 0.450 e. The summed E-state index contributed by atoms with van der Waals surface area (Å²) in [7, 11) is 0. The molecule has 5 heteroatoms. The molecule has 1 aliphatic heterocycles. The molecule has 1 aliphatic carbocycles. The van der Waals surface area contributed by atoms with Crippen molar-refractivity contribution in [1.29, 1.82) is 0 Å². The number of nitrogens with zero attached hydrogens (tertiary/aromatic N) is 1. The second-order valence-corrected chi connectivity index (χ2v) is 7.81. The lowest BCUT2D eigenvalue weighted by molar-refractivity contribution is -0.129. The maximum Gasteiger partial charge on any atom is 0.409 e. The molecule has 0 aromatic rings. The Hall–Kier alpha value is -1.26. The summed E-state index contributed by atoms with van der Waals surface area (Å²) in [5, 5.41) is 3.12. The van der Waals surface area contributed by atoms with E-state index in [0.717, 1.165) is 25.3 Å². The maximum atomic E-state index is 12.2. The van der Waals surface area contributed by atoms with Crippen molar-refractivity contribution >= 4 is 12.0 Å². The van der Waals surface area contributed by atoms with Crippen LogP contribution in [0.15, 0.2) is 0 Å². The fourth-order valence-electron chi connectivity index (χ4n) is 3.07. The zero-order valence-electron chi connectivity index (χ0n) is 14.4. The highest BCUT2D eigenvalue weighted by atomic mass is 16.6. The van der Waals surface area contributed by atoms with E-state index in [1.807, 2.05) is 27.7 Å². The van der Waals surface area contributed by atoms with Crippen molar-refractivity contribution in [2.24, 2.45) is 17.3 Å². The van der Waals surface area contributed by atoms with Gasteiger partial charge in [-0.3, -0.25) is 4.79 Å². The van der Waals surface area contributed by atoms with E-state index in [4.69, 9.17) is 4.74 Å². The molecule has 0 aromatic heterocycles. The van der Waals surface area contributed by atoms with Crippen LogP contribution in [0, 0.1) is 17.3 Å². The second kappa shape index (κ2) is 6.88. The Morgan fingerprint density at radius 1 is 1.18 bits per heavy atom. The van der Waals surface area contributed by atoms with Crippen molar-refractivity contribution in [3.05, 3.63) is 0 Å². The van der Waals surface area contributed by atoms with Crippen molar-refractivity contribution < 1.29 is 14.3 Å². The third-order valence-electron chi connectivity index (χ3n) is 4.44.